The Labute approximate surface area is 108 Å². The zero-order valence-electron chi connectivity index (χ0n) is 10.6. The molecule has 98 valence electrons. The van der Waals surface area contributed by atoms with Crippen molar-refractivity contribution in [3.8, 4) is 0 Å². The molecule has 1 aromatic carbocycles. The summed E-state index contributed by atoms with van der Waals surface area (Å²) >= 11 is 0. The van der Waals surface area contributed by atoms with E-state index in [1.54, 1.807) is 0 Å². The van der Waals surface area contributed by atoms with E-state index in [9.17, 15) is 4.79 Å². The highest BCUT2D eigenvalue weighted by atomic mass is 16.7. The topological polar surface area (TPSA) is 35.5 Å². The van der Waals surface area contributed by atoms with Crippen LogP contribution in [0.1, 0.15) is 37.2 Å². The highest BCUT2D eigenvalue weighted by Crippen LogP contribution is 2.19. The van der Waals surface area contributed by atoms with Crippen molar-refractivity contribution >= 4 is 6.29 Å². The first-order valence-corrected chi connectivity index (χ1v) is 6.63. The second-order valence-electron chi connectivity index (χ2n) is 4.61. The van der Waals surface area contributed by atoms with Crippen molar-refractivity contribution in [2.75, 3.05) is 13.2 Å². The van der Waals surface area contributed by atoms with E-state index in [0.717, 1.165) is 31.3 Å². The highest BCUT2D eigenvalue weighted by molar-refractivity contribution is 5.61. The zero-order chi connectivity index (χ0) is 12.6. The Morgan fingerprint density at radius 1 is 1.33 bits per heavy atom. The number of hydrogen-bond acceptors (Lipinski definition) is 3. The van der Waals surface area contributed by atoms with Crippen LogP contribution < -0.4 is 0 Å². The summed E-state index contributed by atoms with van der Waals surface area (Å²) in [6.07, 6.45) is 4.91. The molecule has 1 saturated heterocycles. The number of rotatable bonds is 6. The van der Waals surface area contributed by atoms with E-state index in [1.807, 2.05) is 30.3 Å². The normalized spacial score (nSPS) is 21.4. The lowest BCUT2D eigenvalue weighted by molar-refractivity contribution is -0.163. The van der Waals surface area contributed by atoms with Gasteiger partial charge in [0.25, 0.3) is 0 Å². The number of benzene rings is 1. The van der Waals surface area contributed by atoms with Crippen molar-refractivity contribution in [2.45, 2.75) is 37.9 Å². The molecular formula is C15H20O3. The fraction of sp³-hybridized carbons (Fsp3) is 0.533. The van der Waals surface area contributed by atoms with Crippen LogP contribution in [0.5, 0.6) is 0 Å². The molecule has 1 heterocycles. The van der Waals surface area contributed by atoms with Crippen LogP contribution in [-0.2, 0) is 14.3 Å². The van der Waals surface area contributed by atoms with Crippen molar-refractivity contribution in [3.63, 3.8) is 0 Å². The maximum Gasteiger partial charge on any atom is 0.157 e. The van der Waals surface area contributed by atoms with Crippen LogP contribution in [0.2, 0.25) is 0 Å². The predicted octanol–water partition coefficient (Wildman–Crippen LogP) is 2.90. The molecule has 3 nitrogen and oxygen atoms in total. The third kappa shape index (κ3) is 3.93. The fourth-order valence-corrected chi connectivity index (χ4v) is 2.18. The number of carbonyl (C=O) groups is 1. The molecule has 2 unspecified atom stereocenters. The van der Waals surface area contributed by atoms with Gasteiger partial charge in [0.1, 0.15) is 6.29 Å². The van der Waals surface area contributed by atoms with Crippen molar-refractivity contribution in [2.24, 2.45) is 0 Å². The zero-order valence-corrected chi connectivity index (χ0v) is 10.6. The van der Waals surface area contributed by atoms with Gasteiger partial charge in [-0.2, -0.15) is 0 Å². The van der Waals surface area contributed by atoms with Gasteiger partial charge in [0, 0.05) is 12.5 Å². The summed E-state index contributed by atoms with van der Waals surface area (Å²) in [5.74, 6) is -0.0743. The molecule has 2 atom stereocenters. The third-order valence-electron chi connectivity index (χ3n) is 3.26. The maximum absolute atomic E-state index is 11.1. The van der Waals surface area contributed by atoms with Crippen LogP contribution in [-0.4, -0.2) is 25.8 Å². The van der Waals surface area contributed by atoms with E-state index >= 15 is 0 Å². The molecule has 0 radical (unpaired) electrons. The summed E-state index contributed by atoms with van der Waals surface area (Å²) in [4.78, 5) is 11.1. The van der Waals surface area contributed by atoms with Crippen molar-refractivity contribution < 1.29 is 14.3 Å². The van der Waals surface area contributed by atoms with Crippen molar-refractivity contribution in [3.05, 3.63) is 35.9 Å². The summed E-state index contributed by atoms with van der Waals surface area (Å²) in [5, 5.41) is 0. The van der Waals surface area contributed by atoms with Gasteiger partial charge in [-0.25, -0.2) is 0 Å². The van der Waals surface area contributed by atoms with Crippen LogP contribution in [0.3, 0.4) is 0 Å². The van der Waals surface area contributed by atoms with Gasteiger partial charge in [-0.3, -0.25) is 0 Å². The Bertz CT molecular complexity index is 344. The Kier molecular flexibility index (Phi) is 5.36. The molecule has 0 N–H and O–H groups in total. The lowest BCUT2D eigenvalue weighted by Gasteiger charge is -2.23. The molecule has 0 bridgehead atoms. The molecule has 18 heavy (non-hydrogen) atoms. The van der Waals surface area contributed by atoms with E-state index in [0.29, 0.717) is 13.0 Å². The van der Waals surface area contributed by atoms with Crippen LogP contribution in [0.4, 0.5) is 0 Å². The van der Waals surface area contributed by atoms with Crippen molar-refractivity contribution in [1.29, 1.82) is 0 Å². The SMILES string of the molecule is O=CC(CCOC1CCCCO1)c1ccccc1. The molecule has 1 aromatic rings. The Morgan fingerprint density at radius 2 is 2.17 bits per heavy atom. The minimum atomic E-state index is -0.0743. The molecule has 0 amide bonds. The smallest absolute Gasteiger partial charge is 0.157 e. The molecule has 1 aliphatic heterocycles. The van der Waals surface area contributed by atoms with E-state index in [2.05, 4.69) is 0 Å². The molecule has 0 saturated carbocycles. The van der Waals surface area contributed by atoms with Gasteiger partial charge >= 0.3 is 0 Å². The van der Waals surface area contributed by atoms with Crippen LogP contribution in [0.15, 0.2) is 30.3 Å². The standard InChI is InChI=1S/C15H20O3/c16-12-14(13-6-2-1-3-7-13)9-11-18-15-8-4-5-10-17-15/h1-3,6-7,12,14-15H,4-5,8-11H2. The summed E-state index contributed by atoms with van der Waals surface area (Å²) in [5.41, 5.74) is 1.06. The van der Waals surface area contributed by atoms with E-state index in [4.69, 9.17) is 9.47 Å². The number of carbonyl (C=O) groups excluding carboxylic acids is 1. The highest BCUT2D eigenvalue weighted by Gasteiger charge is 2.15. The lowest BCUT2D eigenvalue weighted by Crippen LogP contribution is -2.23. The molecule has 0 spiro atoms. The number of hydrogen-bond donors (Lipinski definition) is 0. The van der Waals surface area contributed by atoms with Gasteiger partial charge in [-0.05, 0) is 31.2 Å². The molecular weight excluding hydrogens is 228 g/mol. The summed E-state index contributed by atoms with van der Waals surface area (Å²) in [7, 11) is 0. The molecule has 3 heteroatoms. The Balaban J connectivity index is 1.75. The van der Waals surface area contributed by atoms with Crippen molar-refractivity contribution in [1.82, 2.24) is 0 Å². The van der Waals surface area contributed by atoms with Gasteiger partial charge < -0.3 is 14.3 Å². The van der Waals surface area contributed by atoms with Gasteiger partial charge in [0.15, 0.2) is 6.29 Å². The van der Waals surface area contributed by atoms with Crippen LogP contribution in [0, 0.1) is 0 Å². The molecule has 1 fully saturated rings. The summed E-state index contributed by atoms with van der Waals surface area (Å²) in [6.45, 7) is 1.36. The van der Waals surface area contributed by atoms with E-state index in [1.165, 1.54) is 6.42 Å². The van der Waals surface area contributed by atoms with E-state index in [-0.39, 0.29) is 12.2 Å². The summed E-state index contributed by atoms with van der Waals surface area (Å²) < 4.78 is 11.1. The minimum Gasteiger partial charge on any atom is -0.353 e. The average Bonchev–Trinajstić information content (AvgIpc) is 2.46. The molecule has 0 aliphatic carbocycles. The third-order valence-corrected chi connectivity index (χ3v) is 3.26. The second kappa shape index (κ2) is 7.29. The first kappa shape index (κ1) is 13.2. The first-order chi connectivity index (χ1) is 8.90. The molecule has 1 aliphatic rings. The number of ether oxygens (including phenoxy) is 2. The van der Waals surface area contributed by atoms with Gasteiger partial charge in [0.05, 0.1) is 6.61 Å². The minimum absolute atomic E-state index is 0.0678. The Hall–Kier alpha value is -1.19. The first-order valence-electron chi connectivity index (χ1n) is 6.63. The fourth-order valence-electron chi connectivity index (χ4n) is 2.18. The van der Waals surface area contributed by atoms with Gasteiger partial charge in [0.2, 0.25) is 0 Å². The van der Waals surface area contributed by atoms with E-state index < -0.39 is 0 Å². The Morgan fingerprint density at radius 3 is 2.83 bits per heavy atom. The van der Waals surface area contributed by atoms with Crippen LogP contribution >= 0.6 is 0 Å². The molecule has 2 rings (SSSR count). The number of aldehydes is 1. The average molecular weight is 248 g/mol. The second-order valence-corrected chi connectivity index (χ2v) is 4.61. The predicted molar refractivity (Wildman–Crippen MR) is 69.4 cm³/mol. The quantitative estimate of drug-likeness (QED) is 0.726. The molecule has 0 aromatic heterocycles. The van der Waals surface area contributed by atoms with Gasteiger partial charge in [-0.15, -0.1) is 0 Å². The monoisotopic (exact) mass is 248 g/mol. The maximum atomic E-state index is 11.1. The van der Waals surface area contributed by atoms with Crippen LogP contribution in [0.25, 0.3) is 0 Å². The van der Waals surface area contributed by atoms with Gasteiger partial charge in [-0.1, -0.05) is 30.3 Å². The lowest BCUT2D eigenvalue weighted by atomic mass is 9.98. The largest absolute Gasteiger partial charge is 0.353 e. The summed E-state index contributed by atoms with van der Waals surface area (Å²) in [6, 6.07) is 9.83.